The summed E-state index contributed by atoms with van der Waals surface area (Å²) in [4.78, 5) is 12.2. The number of carbonyl (C=O) groups excluding carboxylic acids is 1. The van der Waals surface area contributed by atoms with Gasteiger partial charge in [0.1, 0.15) is 5.69 Å². The van der Waals surface area contributed by atoms with Crippen molar-refractivity contribution in [1.82, 2.24) is 9.88 Å². The van der Waals surface area contributed by atoms with Crippen molar-refractivity contribution in [2.45, 2.75) is 51.2 Å². The Morgan fingerprint density at radius 3 is 3.00 bits per heavy atom. The van der Waals surface area contributed by atoms with Gasteiger partial charge in [0.2, 0.25) is 0 Å². The highest BCUT2D eigenvalue weighted by molar-refractivity contribution is 6.31. The maximum atomic E-state index is 12.2. The van der Waals surface area contributed by atoms with E-state index in [4.69, 9.17) is 17.3 Å². The fourth-order valence-corrected chi connectivity index (χ4v) is 2.72. The summed E-state index contributed by atoms with van der Waals surface area (Å²) in [5, 5.41) is 3.61. The maximum absolute atomic E-state index is 12.2. The molecule has 0 bridgehead atoms. The Kier molecular flexibility index (Phi) is 4.30. The van der Waals surface area contributed by atoms with Gasteiger partial charge in [-0.05, 0) is 31.7 Å². The smallest absolute Gasteiger partial charge is 0.268 e. The third-order valence-corrected chi connectivity index (χ3v) is 3.65. The molecule has 0 spiro atoms. The van der Waals surface area contributed by atoms with Gasteiger partial charge in [-0.3, -0.25) is 4.79 Å². The van der Waals surface area contributed by atoms with E-state index in [1.54, 1.807) is 12.3 Å². The average molecular weight is 270 g/mol. The summed E-state index contributed by atoms with van der Waals surface area (Å²) < 4.78 is 1.90. The Balaban J connectivity index is 2.08. The Morgan fingerprint density at radius 1 is 1.61 bits per heavy atom. The summed E-state index contributed by atoms with van der Waals surface area (Å²) in [7, 11) is 0. The van der Waals surface area contributed by atoms with Crippen molar-refractivity contribution < 1.29 is 4.79 Å². The second-order valence-electron chi connectivity index (χ2n) is 4.91. The normalized spacial score (nSPS) is 23.3. The first kappa shape index (κ1) is 13.4. The standard InChI is InChI=1S/C13H20ClN3O/c1-2-6-17-8-9(14)7-12(17)13(18)16-11-5-3-4-10(11)15/h7-8,10-11H,2-6,15H2,1H3,(H,16,18). The summed E-state index contributed by atoms with van der Waals surface area (Å²) in [6, 6.07) is 1.90. The van der Waals surface area contributed by atoms with Crippen LogP contribution in [0.2, 0.25) is 5.02 Å². The molecule has 5 heteroatoms. The Labute approximate surface area is 112 Å². The van der Waals surface area contributed by atoms with Crippen LogP contribution < -0.4 is 11.1 Å². The number of nitrogens with zero attached hydrogens (tertiary/aromatic N) is 1. The lowest BCUT2D eigenvalue weighted by Crippen LogP contribution is -2.44. The van der Waals surface area contributed by atoms with E-state index in [0.29, 0.717) is 10.7 Å². The lowest BCUT2D eigenvalue weighted by atomic mass is 10.2. The molecule has 1 heterocycles. The second-order valence-corrected chi connectivity index (χ2v) is 5.35. The highest BCUT2D eigenvalue weighted by atomic mass is 35.5. The van der Waals surface area contributed by atoms with Gasteiger partial charge in [0.15, 0.2) is 0 Å². The molecule has 3 N–H and O–H groups in total. The molecular weight excluding hydrogens is 250 g/mol. The van der Waals surface area contributed by atoms with Gasteiger partial charge in [-0.1, -0.05) is 18.5 Å². The molecular formula is C13H20ClN3O. The summed E-state index contributed by atoms with van der Waals surface area (Å²) in [5.41, 5.74) is 6.59. The number of rotatable bonds is 4. The number of aryl methyl sites for hydroxylation is 1. The number of hydrogen-bond donors (Lipinski definition) is 2. The lowest BCUT2D eigenvalue weighted by Gasteiger charge is -2.17. The first-order chi connectivity index (χ1) is 8.61. The van der Waals surface area contributed by atoms with Crippen LogP contribution in [0.15, 0.2) is 12.3 Å². The largest absolute Gasteiger partial charge is 0.346 e. The van der Waals surface area contributed by atoms with E-state index < -0.39 is 0 Å². The molecule has 2 atom stereocenters. The maximum Gasteiger partial charge on any atom is 0.268 e. The topological polar surface area (TPSA) is 60.0 Å². The summed E-state index contributed by atoms with van der Waals surface area (Å²) in [6.07, 6.45) is 5.81. The minimum Gasteiger partial charge on any atom is -0.346 e. The second kappa shape index (κ2) is 5.76. The summed E-state index contributed by atoms with van der Waals surface area (Å²) >= 11 is 5.97. The number of carbonyl (C=O) groups is 1. The van der Waals surface area contributed by atoms with E-state index in [1.165, 1.54) is 0 Å². The Hall–Kier alpha value is -1.00. The lowest BCUT2D eigenvalue weighted by molar-refractivity contribution is 0.0925. The summed E-state index contributed by atoms with van der Waals surface area (Å²) in [5.74, 6) is -0.0716. The van der Waals surface area contributed by atoms with Crippen LogP contribution in [0.1, 0.15) is 43.1 Å². The van der Waals surface area contributed by atoms with Crippen LogP contribution in [0.25, 0.3) is 0 Å². The highest BCUT2D eigenvalue weighted by Gasteiger charge is 2.26. The first-order valence-electron chi connectivity index (χ1n) is 6.54. The highest BCUT2D eigenvalue weighted by Crippen LogP contribution is 2.19. The number of hydrogen-bond acceptors (Lipinski definition) is 2. The molecule has 1 fully saturated rings. The molecule has 1 aliphatic rings. The van der Waals surface area contributed by atoms with E-state index in [1.807, 2.05) is 4.57 Å². The van der Waals surface area contributed by atoms with Gasteiger partial charge in [-0.2, -0.15) is 0 Å². The monoisotopic (exact) mass is 269 g/mol. The van der Waals surface area contributed by atoms with Crippen molar-refractivity contribution in [3.8, 4) is 0 Å². The van der Waals surface area contributed by atoms with Crippen molar-refractivity contribution in [1.29, 1.82) is 0 Å². The number of nitrogens with two attached hydrogens (primary N) is 1. The minimum absolute atomic E-state index is 0.0716. The zero-order valence-electron chi connectivity index (χ0n) is 10.7. The molecule has 1 aromatic rings. The van der Waals surface area contributed by atoms with E-state index in [-0.39, 0.29) is 18.0 Å². The molecule has 2 rings (SSSR count). The molecule has 0 saturated heterocycles. The quantitative estimate of drug-likeness (QED) is 0.880. The third-order valence-electron chi connectivity index (χ3n) is 3.45. The number of halogens is 1. The van der Waals surface area contributed by atoms with Crippen LogP contribution in [-0.4, -0.2) is 22.6 Å². The molecule has 1 saturated carbocycles. The predicted molar refractivity (Wildman–Crippen MR) is 72.8 cm³/mol. The van der Waals surface area contributed by atoms with Crippen LogP contribution in [0.5, 0.6) is 0 Å². The molecule has 0 radical (unpaired) electrons. The van der Waals surface area contributed by atoms with Crippen LogP contribution >= 0.6 is 11.6 Å². The SMILES string of the molecule is CCCn1cc(Cl)cc1C(=O)NC1CCCC1N. The Morgan fingerprint density at radius 2 is 2.39 bits per heavy atom. The fraction of sp³-hybridized carbons (Fsp3) is 0.615. The zero-order chi connectivity index (χ0) is 13.1. The van der Waals surface area contributed by atoms with Crippen LogP contribution in [-0.2, 0) is 6.54 Å². The molecule has 18 heavy (non-hydrogen) atoms. The number of nitrogens with one attached hydrogen (secondary N) is 1. The molecule has 2 unspecified atom stereocenters. The molecule has 100 valence electrons. The molecule has 1 aliphatic carbocycles. The third kappa shape index (κ3) is 2.87. The number of amides is 1. The average Bonchev–Trinajstić information content (AvgIpc) is 2.87. The van der Waals surface area contributed by atoms with E-state index in [0.717, 1.165) is 32.2 Å². The van der Waals surface area contributed by atoms with Gasteiger partial charge in [-0.15, -0.1) is 0 Å². The van der Waals surface area contributed by atoms with Crippen molar-refractivity contribution in [2.75, 3.05) is 0 Å². The van der Waals surface area contributed by atoms with Gasteiger partial charge in [0.25, 0.3) is 5.91 Å². The van der Waals surface area contributed by atoms with Gasteiger partial charge in [0.05, 0.1) is 5.02 Å². The van der Waals surface area contributed by atoms with E-state index >= 15 is 0 Å². The van der Waals surface area contributed by atoms with Gasteiger partial charge in [-0.25, -0.2) is 0 Å². The molecule has 0 aromatic carbocycles. The molecule has 1 aromatic heterocycles. The van der Waals surface area contributed by atoms with Gasteiger partial charge < -0.3 is 15.6 Å². The van der Waals surface area contributed by atoms with Crippen LogP contribution in [0.4, 0.5) is 0 Å². The van der Waals surface area contributed by atoms with Crippen molar-refractivity contribution in [3.05, 3.63) is 23.0 Å². The predicted octanol–water partition coefficient (Wildman–Crippen LogP) is 2.16. The van der Waals surface area contributed by atoms with Gasteiger partial charge in [0, 0.05) is 24.8 Å². The van der Waals surface area contributed by atoms with Crippen LogP contribution in [0, 0.1) is 0 Å². The molecule has 4 nitrogen and oxygen atoms in total. The van der Waals surface area contributed by atoms with Crippen molar-refractivity contribution >= 4 is 17.5 Å². The van der Waals surface area contributed by atoms with Gasteiger partial charge >= 0.3 is 0 Å². The van der Waals surface area contributed by atoms with E-state index in [2.05, 4.69) is 12.2 Å². The van der Waals surface area contributed by atoms with E-state index in [9.17, 15) is 4.79 Å². The molecule has 0 aliphatic heterocycles. The Bertz CT molecular complexity index is 430. The minimum atomic E-state index is -0.0716. The summed E-state index contributed by atoms with van der Waals surface area (Å²) in [6.45, 7) is 2.87. The number of aromatic nitrogens is 1. The first-order valence-corrected chi connectivity index (χ1v) is 6.91. The zero-order valence-corrected chi connectivity index (χ0v) is 11.4. The molecule has 1 amide bonds. The van der Waals surface area contributed by atoms with Crippen molar-refractivity contribution in [3.63, 3.8) is 0 Å². The van der Waals surface area contributed by atoms with Crippen molar-refractivity contribution in [2.24, 2.45) is 5.73 Å². The van der Waals surface area contributed by atoms with Crippen LogP contribution in [0.3, 0.4) is 0 Å². The fourth-order valence-electron chi connectivity index (χ4n) is 2.50.